The average molecular weight is 308 g/mol. The van der Waals surface area contributed by atoms with E-state index in [0.717, 1.165) is 17.4 Å². The number of hydrogen-bond acceptors (Lipinski definition) is 5. The number of benzene rings is 1. The Hall–Kier alpha value is -2.28. The van der Waals surface area contributed by atoms with Gasteiger partial charge >= 0.3 is 5.97 Å². The molecule has 0 radical (unpaired) electrons. The topological polar surface area (TPSA) is 68.3 Å². The molecule has 0 aliphatic rings. The molecule has 7 heteroatoms. The summed E-state index contributed by atoms with van der Waals surface area (Å²) < 4.78 is 18.0. The lowest BCUT2D eigenvalue weighted by Gasteiger charge is -2.05. The first-order valence-corrected chi connectivity index (χ1v) is 7.09. The van der Waals surface area contributed by atoms with E-state index in [1.54, 1.807) is 13.8 Å². The van der Waals surface area contributed by atoms with Gasteiger partial charge in [0.05, 0.1) is 6.61 Å². The van der Waals surface area contributed by atoms with Crippen LogP contribution in [0, 0.1) is 12.7 Å². The van der Waals surface area contributed by atoms with Gasteiger partial charge in [-0.2, -0.15) is 0 Å². The molecular formula is C14H13FN2O3S. The van der Waals surface area contributed by atoms with Crippen molar-refractivity contribution < 1.29 is 18.7 Å². The number of halogens is 1. The van der Waals surface area contributed by atoms with Crippen molar-refractivity contribution >= 4 is 28.3 Å². The Morgan fingerprint density at radius 1 is 1.43 bits per heavy atom. The van der Waals surface area contributed by atoms with Gasteiger partial charge in [0.2, 0.25) is 0 Å². The van der Waals surface area contributed by atoms with Crippen LogP contribution in [0.15, 0.2) is 23.6 Å². The van der Waals surface area contributed by atoms with Gasteiger partial charge in [0.15, 0.2) is 10.8 Å². The van der Waals surface area contributed by atoms with E-state index in [1.807, 2.05) is 0 Å². The second-order valence-electron chi connectivity index (χ2n) is 4.17. The Morgan fingerprint density at radius 3 is 2.90 bits per heavy atom. The van der Waals surface area contributed by atoms with Crippen molar-refractivity contribution in [1.82, 2.24) is 4.98 Å². The highest BCUT2D eigenvalue weighted by molar-refractivity contribution is 7.14. The summed E-state index contributed by atoms with van der Waals surface area (Å²) in [5, 5.41) is 4.29. The molecule has 1 aromatic heterocycles. The summed E-state index contributed by atoms with van der Waals surface area (Å²) in [7, 11) is 0. The third-order valence-corrected chi connectivity index (χ3v) is 3.41. The normalized spacial score (nSPS) is 10.2. The van der Waals surface area contributed by atoms with Crippen LogP contribution in [0.3, 0.4) is 0 Å². The van der Waals surface area contributed by atoms with E-state index in [4.69, 9.17) is 4.74 Å². The fourth-order valence-corrected chi connectivity index (χ4v) is 2.31. The zero-order chi connectivity index (χ0) is 15.4. The fraction of sp³-hybridized carbons (Fsp3) is 0.214. The van der Waals surface area contributed by atoms with Gasteiger partial charge in [-0.1, -0.05) is 6.07 Å². The minimum Gasteiger partial charge on any atom is -0.461 e. The molecule has 1 amide bonds. The molecule has 0 fully saturated rings. The van der Waals surface area contributed by atoms with Crippen LogP contribution >= 0.6 is 11.3 Å². The Kier molecular flexibility index (Phi) is 4.64. The summed E-state index contributed by atoms with van der Waals surface area (Å²) in [6.45, 7) is 3.65. The Bertz CT molecular complexity index is 685. The van der Waals surface area contributed by atoms with Crippen LogP contribution in [0.1, 0.15) is 33.3 Å². The number of anilines is 1. The summed E-state index contributed by atoms with van der Waals surface area (Å²) in [6, 6.07) is 3.97. The molecule has 1 aromatic carbocycles. The van der Waals surface area contributed by atoms with E-state index in [2.05, 4.69) is 10.3 Å². The number of hydrogen-bond donors (Lipinski definition) is 1. The number of thiazole rings is 1. The van der Waals surface area contributed by atoms with Gasteiger partial charge in [-0.25, -0.2) is 14.2 Å². The Labute approximate surface area is 124 Å². The molecule has 0 unspecified atom stereocenters. The smallest absolute Gasteiger partial charge is 0.357 e. The quantitative estimate of drug-likeness (QED) is 0.882. The maximum atomic E-state index is 13.2. The van der Waals surface area contributed by atoms with E-state index >= 15 is 0 Å². The van der Waals surface area contributed by atoms with Crippen LogP contribution in [0.25, 0.3) is 0 Å². The molecule has 0 saturated heterocycles. The van der Waals surface area contributed by atoms with E-state index in [0.29, 0.717) is 5.56 Å². The van der Waals surface area contributed by atoms with Crippen molar-refractivity contribution in [2.24, 2.45) is 0 Å². The van der Waals surface area contributed by atoms with Gasteiger partial charge in [0.1, 0.15) is 5.82 Å². The average Bonchev–Trinajstić information content (AvgIpc) is 2.90. The van der Waals surface area contributed by atoms with Crippen LogP contribution in [-0.4, -0.2) is 23.5 Å². The third kappa shape index (κ3) is 3.63. The molecule has 2 rings (SSSR count). The van der Waals surface area contributed by atoms with Crippen molar-refractivity contribution in [3.05, 3.63) is 46.2 Å². The highest BCUT2D eigenvalue weighted by Gasteiger charge is 2.15. The molecular weight excluding hydrogens is 295 g/mol. The van der Waals surface area contributed by atoms with Crippen LogP contribution in [0.4, 0.5) is 9.52 Å². The fourth-order valence-electron chi connectivity index (χ4n) is 1.63. The standard InChI is InChI=1S/C14H13FN2O3S/c1-3-20-13(19)11-7-21-14(16-11)17-12(18)10-6-9(15)5-4-8(10)2/h4-7H,3H2,1-2H3,(H,16,17,18). The predicted molar refractivity (Wildman–Crippen MR) is 77.2 cm³/mol. The van der Waals surface area contributed by atoms with Gasteiger partial charge in [-0.3, -0.25) is 10.1 Å². The van der Waals surface area contributed by atoms with Crippen molar-refractivity contribution in [3.63, 3.8) is 0 Å². The molecule has 0 aliphatic carbocycles. The third-order valence-electron chi connectivity index (χ3n) is 2.65. The summed E-state index contributed by atoms with van der Waals surface area (Å²) in [5.74, 6) is -1.51. The molecule has 21 heavy (non-hydrogen) atoms. The zero-order valence-corrected chi connectivity index (χ0v) is 12.3. The number of carbonyl (C=O) groups is 2. The molecule has 1 N–H and O–H groups in total. The number of rotatable bonds is 4. The summed E-state index contributed by atoms with van der Waals surface area (Å²) in [5.41, 5.74) is 1.01. The predicted octanol–water partition coefficient (Wildman–Crippen LogP) is 3.02. The van der Waals surface area contributed by atoms with E-state index in [-0.39, 0.29) is 23.0 Å². The first-order valence-electron chi connectivity index (χ1n) is 6.21. The Morgan fingerprint density at radius 2 is 2.19 bits per heavy atom. The van der Waals surface area contributed by atoms with Crippen molar-refractivity contribution in [1.29, 1.82) is 0 Å². The minimum atomic E-state index is -0.545. The van der Waals surface area contributed by atoms with Gasteiger partial charge in [0, 0.05) is 10.9 Å². The molecule has 0 saturated carbocycles. The van der Waals surface area contributed by atoms with Crippen LogP contribution in [0.2, 0.25) is 0 Å². The highest BCUT2D eigenvalue weighted by Crippen LogP contribution is 2.18. The second-order valence-corrected chi connectivity index (χ2v) is 5.03. The van der Waals surface area contributed by atoms with Gasteiger partial charge in [-0.15, -0.1) is 11.3 Å². The molecule has 5 nitrogen and oxygen atoms in total. The molecule has 2 aromatic rings. The number of nitrogens with zero attached hydrogens (tertiary/aromatic N) is 1. The lowest BCUT2D eigenvalue weighted by molar-refractivity contribution is 0.0520. The molecule has 110 valence electrons. The number of ether oxygens (including phenoxy) is 1. The summed E-state index contributed by atoms with van der Waals surface area (Å²) in [6.07, 6.45) is 0. The number of carbonyl (C=O) groups excluding carboxylic acids is 2. The lowest BCUT2D eigenvalue weighted by atomic mass is 10.1. The first kappa shape index (κ1) is 15.1. The maximum absolute atomic E-state index is 13.2. The van der Waals surface area contributed by atoms with Crippen molar-refractivity contribution in [2.45, 2.75) is 13.8 Å². The number of aromatic nitrogens is 1. The van der Waals surface area contributed by atoms with Crippen molar-refractivity contribution in [3.8, 4) is 0 Å². The number of amides is 1. The number of aryl methyl sites for hydroxylation is 1. The van der Waals surface area contributed by atoms with Crippen LogP contribution < -0.4 is 5.32 Å². The summed E-state index contributed by atoms with van der Waals surface area (Å²) >= 11 is 1.10. The first-order chi connectivity index (χ1) is 10.0. The van der Waals surface area contributed by atoms with Crippen LogP contribution in [0.5, 0.6) is 0 Å². The highest BCUT2D eigenvalue weighted by atomic mass is 32.1. The molecule has 1 heterocycles. The van der Waals surface area contributed by atoms with Gasteiger partial charge in [-0.05, 0) is 31.5 Å². The minimum absolute atomic E-state index is 0.133. The van der Waals surface area contributed by atoms with Crippen molar-refractivity contribution in [2.75, 3.05) is 11.9 Å². The van der Waals surface area contributed by atoms with E-state index in [1.165, 1.54) is 17.5 Å². The second kappa shape index (κ2) is 6.45. The molecule has 0 spiro atoms. The zero-order valence-electron chi connectivity index (χ0n) is 11.5. The van der Waals surface area contributed by atoms with Gasteiger partial charge in [0.25, 0.3) is 5.91 Å². The summed E-state index contributed by atoms with van der Waals surface area (Å²) in [4.78, 5) is 27.5. The molecule has 0 atom stereocenters. The largest absolute Gasteiger partial charge is 0.461 e. The molecule has 0 bridgehead atoms. The maximum Gasteiger partial charge on any atom is 0.357 e. The monoisotopic (exact) mass is 308 g/mol. The van der Waals surface area contributed by atoms with E-state index < -0.39 is 17.7 Å². The SMILES string of the molecule is CCOC(=O)c1csc(NC(=O)c2cc(F)ccc2C)n1. The van der Waals surface area contributed by atoms with Crippen LogP contribution in [-0.2, 0) is 4.74 Å². The Balaban J connectivity index is 2.13. The van der Waals surface area contributed by atoms with E-state index in [9.17, 15) is 14.0 Å². The lowest BCUT2D eigenvalue weighted by Crippen LogP contribution is -2.14. The van der Waals surface area contributed by atoms with Gasteiger partial charge < -0.3 is 4.74 Å². The molecule has 0 aliphatic heterocycles. The number of nitrogens with one attached hydrogen (secondary N) is 1. The number of esters is 1.